The van der Waals surface area contributed by atoms with Gasteiger partial charge in [-0.3, -0.25) is 4.79 Å². The predicted molar refractivity (Wildman–Crippen MR) is 109 cm³/mol. The van der Waals surface area contributed by atoms with Crippen molar-refractivity contribution in [3.8, 4) is 11.5 Å². The van der Waals surface area contributed by atoms with E-state index in [-0.39, 0.29) is 35.9 Å². The number of allylic oxidation sites excluding steroid dienone is 1. The van der Waals surface area contributed by atoms with Gasteiger partial charge < -0.3 is 19.3 Å². The molecular weight excluding hydrogens is 387 g/mol. The summed E-state index contributed by atoms with van der Waals surface area (Å²) in [6.45, 7) is 2.02. The minimum atomic E-state index is -0.796. The number of rotatable bonds is 6. The molecule has 0 bridgehead atoms. The number of methoxy groups -OCH3 is 1. The average Bonchev–Trinajstić information content (AvgIpc) is 3.15. The molecule has 30 heavy (non-hydrogen) atoms. The molecule has 5 nitrogen and oxygen atoms in total. The first-order chi connectivity index (χ1) is 14.4. The van der Waals surface area contributed by atoms with Crippen LogP contribution >= 0.6 is 0 Å². The van der Waals surface area contributed by atoms with Crippen LogP contribution < -0.4 is 4.74 Å². The number of phenolic OH excluding ortho intramolecular Hbond substituents is 1. The summed E-state index contributed by atoms with van der Waals surface area (Å²) in [7, 11) is 1.38. The first kappa shape index (κ1) is 20.4. The molecule has 0 amide bonds. The number of ketones is 1. The van der Waals surface area contributed by atoms with Crippen LogP contribution in [0.2, 0.25) is 0 Å². The van der Waals surface area contributed by atoms with E-state index in [0.717, 1.165) is 5.56 Å². The van der Waals surface area contributed by atoms with Crippen LogP contribution in [0, 0.1) is 17.7 Å². The number of carbonyl (C=O) groups excluding carboxylic acids is 1. The molecule has 1 aliphatic heterocycles. The number of fused-ring (bicyclic) bond motifs is 1. The van der Waals surface area contributed by atoms with E-state index in [1.807, 2.05) is 37.3 Å². The largest absolute Gasteiger partial charge is 0.504 e. The maximum absolute atomic E-state index is 14.6. The zero-order chi connectivity index (χ0) is 21.3. The fourth-order valence-corrected chi connectivity index (χ4v) is 4.49. The normalized spacial score (nSPS) is 24.0. The molecule has 1 saturated heterocycles. The monoisotopic (exact) mass is 412 g/mol. The molecule has 1 aliphatic carbocycles. The number of ether oxygens (including phenoxy) is 3. The molecule has 2 aliphatic rings. The third kappa shape index (κ3) is 3.67. The van der Waals surface area contributed by atoms with E-state index in [2.05, 4.69) is 0 Å². The van der Waals surface area contributed by atoms with Crippen molar-refractivity contribution in [2.24, 2.45) is 11.8 Å². The van der Waals surface area contributed by atoms with Crippen molar-refractivity contribution < 1.29 is 28.5 Å². The summed E-state index contributed by atoms with van der Waals surface area (Å²) in [6, 6.07) is 12.4. The number of benzene rings is 2. The highest BCUT2D eigenvalue weighted by molar-refractivity contribution is 5.94. The molecule has 0 aromatic heterocycles. The summed E-state index contributed by atoms with van der Waals surface area (Å²) in [4.78, 5) is 12.7. The number of hydrogen-bond donors (Lipinski definition) is 1. The molecule has 0 unspecified atom stereocenters. The van der Waals surface area contributed by atoms with Crippen molar-refractivity contribution >= 4 is 5.78 Å². The Morgan fingerprint density at radius 3 is 2.80 bits per heavy atom. The van der Waals surface area contributed by atoms with Gasteiger partial charge >= 0.3 is 0 Å². The Hall–Kier alpha value is -2.86. The lowest BCUT2D eigenvalue weighted by Gasteiger charge is -2.38. The van der Waals surface area contributed by atoms with Crippen LogP contribution in [0.15, 0.2) is 54.3 Å². The molecule has 4 rings (SSSR count). The van der Waals surface area contributed by atoms with Crippen LogP contribution in [0.4, 0.5) is 4.39 Å². The van der Waals surface area contributed by atoms with Crippen molar-refractivity contribution in [2.75, 3.05) is 13.9 Å². The maximum atomic E-state index is 14.6. The fraction of sp³-hybridized carbons (Fsp3) is 0.375. The number of carbonyl (C=O) groups is 1. The molecule has 6 heteroatoms. The Balaban J connectivity index is 1.60. The molecule has 2 aromatic rings. The second-order valence-electron chi connectivity index (χ2n) is 8.02. The number of aromatic hydroxyl groups is 1. The molecule has 0 radical (unpaired) electrons. The van der Waals surface area contributed by atoms with E-state index in [1.165, 1.54) is 19.2 Å². The minimum absolute atomic E-state index is 0.0236. The Bertz CT molecular complexity index is 971. The third-order valence-corrected chi connectivity index (χ3v) is 6.17. The van der Waals surface area contributed by atoms with Crippen LogP contribution in [0.25, 0.3) is 0 Å². The summed E-state index contributed by atoms with van der Waals surface area (Å²) in [5.41, 5.74) is 0.650. The van der Waals surface area contributed by atoms with Crippen LogP contribution in [0.3, 0.4) is 0 Å². The van der Waals surface area contributed by atoms with Crippen molar-refractivity contribution in [1.82, 2.24) is 0 Å². The van der Waals surface area contributed by atoms with Gasteiger partial charge in [-0.15, -0.1) is 0 Å². The summed E-state index contributed by atoms with van der Waals surface area (Å²) in [5.74, 6) is -0.356. The fourth-order valence-electron chi connectivity index (χ4n) is 4.49. The van der Waals surface area contributed by atoms with Gasteiger partial charge in [-0.25, -0.2) is 4.39 Å². The van der Waals surface area contributed by atoms with E-state index < -0.39 is 11.4 Å². The first-order valence-corrected chi connectivity index (χ1v) is 10.0. The highest BCUT2D eigenvalue weighted by Crippen LogP contribution is 2.46. The van der Waals surface area contributed by atoms with Crippen molar-refractivity contribution in [1.29, 1.82) is 0 Å². The standard InChI is InChI=1S/C24H25FO5/c1-15(8-17-10-21(27)22(28-2)11-19(17)25)24-13-18(9-16-6-4-3-5-7-16)20(26)12-23(24)29-14-30-24/h3-7,10-12,15,18,27H,8-9,13-14H2,1-2H3/t15-,18-,24+/m0/s1. The number of hydrogen-bond acceptors (Lipinski definition) is 5. The third-order valence-electron chi connectivity index (χ3n) is 6.17. The second-order valence-corrected chi connectivity index (χ2v) is 8.02. The molecule has 2 aromatic carbocycles. The van der Waals surface area contributed by atoms with Crippen LogP contribution in [-0.4, -0.2) is 30.4 Å². The average molecular weight is 412 g/mol. The molecule has 158 valence electrons. The predicted octanol–water partition coefficient (Wildman–Crippen LogP) is 4.18. The molecule has 1 N–H and O–H groups in total. The quantitative estimate of drug-likeness (QED) is 0.771. The molecule has 0 saturated carbocycles. The second kappa shape index (κ2) is 8.11. The molecule has 3 atom stereocenters. The van der Waals surface area contributed by atoms with Crippen molar-refractivity contribution in [2.45, 2.75) is 31.8 Å². The summed E-state index contributed by atoms with van der Waals surface area (Å²) in [5, 5.41) is 10.1. The Morgan fingerprint density at radius 2 is 2.07 bits per heavy atom. The highest BCUT2D eigenvalue weighted by Gasteiger charge is 2.52. The Kier molecular flexibility index (Phi) is 5.52. The lowest BCUT2D eigenvalue weighted by molar-refractivity contribution is -0.123. The Labute approximate surface area is 175 Å². The first-order valence-electron chi connectivity index (χ1n) is 10.0. The zero-order valence-corrected chi connectivity index (χ0v) is 17.1. The van der Waals surface area contributed by atoms with Crippen LogP contribution in [0.1, 0.15) is 24.5 Å². The minimum Gasteiger partial charge on any atom is -0.504 e. The summed E-state index contributed by atoms with van der Waals surface area (Å²) >= 11 is 0. The topological polar surface area (TPSA) is 65.0 Å². The Morgan fingerprint density at radius 1 is 1.30 bits per heavy atom. The van der Waals surface area contributed by atoms with E-state index in [9.17, 15) is 14.3 Å². The summed E-state index contributed by atoms with van der Waals surface area (Å²) < 4.78 is 31.2. The molecule has 1 fully saturated rings. The van der Waals surface area contributed by atoms with Gasteiger partial charge in [0.2, 0.25) is 0 Å². The summed E-state index contributed by atoms with van der Waals surface area (Å²) in [6.07, 6.45) is 2.94. The van der Waals surface area contributed by atoms with E-state index >= 15 is 0 Å². The van der Waals surface area contributed by atoms with Crippen molar-refractivity contribution in [3.05, 3.63) is 71.2 Å². The van der Waals surface area contributed by atoms with Gasteiger partial charge in [0, 0.05) is 18.1 Å². The molecule has 0 spiro atoms. The van der Waals surface area contributed by atoms with Gasteiger partial charge in [0.15, 0.2) is 24.1 Å². The van der Waals surface area contributed by atoms with Gasteiger partial charge in [-0.1, -0.05) is 37.3 Å². The highest BCUT2D eigenvalue weighted by atomic mass is 19.1. The van der Waals surface area contributed by atoms with Crippen LogP contribution in [-0.2, 0) is 27.1 Å². The smallest absolute Gasteiger partial charge is 0.189 e. The lowest BCUT2D eigenvalue weighted by atomic mass is 9.71. The van der Waals surface area contributed by atoms with Crippen molar-refractivity contribution in [3.63, 3.8) is 0 Å². The van der Waals surface area contributed by atoms with Crippen LogP contribution in [0.5, 0.6) is 11.5 Å². The van der Waals surface area contributed by atoms with Gasteiger partial charge in [-0.05, 0) is 42.4 Å². The van der Waals surface area contributed by atoms with Gasteiger partial charge in [0.25, 0.3) is 0 Å². The van der Waals surface area contributed by atoms with E-state index in [0.29, 0.717) is 30.6 Å². The molecule has 1 heterocycles. The SMILES string of the molecule is COc1cc(F)c(C[C@H](C)[C@]23C[C@H](Cc4ccccc4)C(=O)C=C2OCO3)cc1O. The van der Waals surface area contributed by atoms with Gasteiger partial charge in [0.05, 0.1) is 7.11 Å². The van der Waals surface area contributed by atoms with E-state index in [1.54, 1.807) is 6.08 Å². The zero-order valence-electron chi connectivity index (χ0n) is 17.1. The van der Waals surface area contributed by atoms with Gasteiger partial charge in [0.1, 0.15) is 17.2 Å². The van der Waals surface area contributed by atoms with Gasteiger partial charge in [-0.2, -0.15) is 0 Å². The number of halogens is 1. The maximum Gasteiger partial charge on any atom is 0.189 e. The molecular formula is C24H25FO5. The van der Waals surface area contributed by atoms with E-state index in [4.69, 9.17) is 14.2 Å². The lowest BCUT2D eigenvalue weighted by Crippen LogP contribution is -2.45. The number of phenols is 1.